The molecular formula is C30H37N3O3. The van der Waals surface area contributed by atoms with Gasteiger partial charge in [-0.1, -0.05) is 58.4 Å². The fraction of sp³-hybridized carbons (Fsp3) is 0.400. The minimum absolute atomic E-state index is 0.0268. The third-order valence-electron chi connectivity index (χ3n) is 6.56. The monoisotopic (exact) mass is 487 g/mol. The standard InChI is InChI=1S/C30H37N3O3/c1-6-7-18-31(27(34)20-30(2,3)4)21-28(35)33-25-12-9-8-11-24(25)32-19-10-13-26(32)29(33)22-14-16-23(36-5)17-15-22/h8-17,19,29H,6-7,18,20-21H2,1-5H3. The molecule has 0 spiro atoms. The fourth-order valence-electron chi connectivity index (χ4n) is 4.81. The highest BCUT2D eigenvalue weighted by Gasteiger charge is 2.37. The van der Waals surface area contributed by atoms with Crippen molar-refractivity contribution in [3.63, 3.8) is 0 Å². The molecule has 1 aliphatic rings. The molecule has 0 saturated carbocycles. The second-order valence-corrected chi connectivity index (χ2v) is 10.6. The van der Waals surface area contributed by atoms with Gasteiger partial charge in [0.1, 0.15) is 18.3 Å². The Hall–Kier alpha value is -3.54. The summed E-state index contributed by atoms with van der Waals surface area (Å²) in [6.45, 7) is 8.90. The predicted molar refractivity (Wildman–Crippen MR) is 144 cm³/mol. The van der Waals surface area contributed by atoms with Crippen molar-refractivity contribution in [2.75, 3.05) is 25.1 Å². The molecule has 1 aromatic heterocycles. The summed E-state index contributed by atoms with van der Waals surface area (Å²) in [6, 6.07) is 19.6. The molecule has 0 aliphatic carbocycles. The van der Waals surface area contributed by atoms with Crippen molar-refractivity contribution in [2.24, 2.45) is 5.41 Å². The molecule has 6 heteroatoms. The number of aromatic nitrogens is 1. The van der Waals surface area contributed by atoms with Gasteiger partial charge in [0, 0.05) is 19.2 Å². The van der Waals surface area contributed by atoms with Crippen LogP contribution in [0.3, 0.4) is 0 Å². The maximum Gasteiger partial charge on any atom is 0.247 e. The van der Waals surface area contributed by atoms with Crippen molar-refractivity contribution in [1.82, 2.24) is 9.47 Å². The van der Waals surface area contributed by atoms with E-state index in [0.29, 0.717) is 13.0 Å². The number of hydrogen-bond acceptors (Lipinski definition) is 3. The lowest BCUT2D eigenvalue weighted by molar-refractivity contribution is -0.137. The Bertz CT molecular complexity index is 1210. The molecule has 0 radical (unpaired) electrons. The zero-order chi connectivity index (χ0) is 25.9. The molecule has 36 heavy (non-hydrogen) atoms. The van der Waals surface area contributed by atoms with Crippen LogP contribution in [0.25, 0.3) is 5.69 Å². The van der Waals surface area contributed by atoms with Crippen LogP contribution in [0.2, 0.25) is 0 Å². The van der Waals surface area contributed by atoms with Gasteiger partial charge in [-0.25, -0.2) is 0 Å². The van der Waals surface area contributed by atoms with E-state index in [2.05, 4.69) is 38.3 Å². The summed E-state index contributed by atoms with van der Waals surface area (Å²) in [7, 11) is 1.65. The highest BCUT2D eigenvalue weighted by molar-refractivity contribution is 6.00. The second-order valence-electron chi connectivity index (χ2n) is 10.6. The van der Waals surface area contributed by atoms with Gasteiger partial charge in [-0.2, -0.15) is 0 Å². The molecule has 0 N–H and O–H groups in total. The predicted octanol–water partition coefficient (Wildman–Crippen LogP) is 5.99. The maximum atomic E-state index is 14.1. The first-order chi connectivity index (χ1) is 17.2. The Morgan fingerprint density at radius 2 is 1.67 bits per heavy atom. The van der Waals surface area contributed by atoms with Crippen LogP contribution in [0.5, 0.6) is 5.75 Å². The van der Waals surface area contributed by atoms with Crippen molar-refractivity contribution < 1.29 is 14.3 Å². The van der Waals surface area contributed by atoms with Gasteiger partial charge < -0.3 is 14.2 Å². The summed E-state index contributed by atoms with van der Waals surface area (Å²) < 4.78 is 7.51. The first kappa shape index (κ1) is 25.5. The van der Waals surface area contributed by atoms with E-state index in [1.807, 2.05) is 65.7 Å². The zero-order valence-electron chi connectivity index (χ0n) is 22.0. The smallest absolute Gasteiger partial charge is 0.247 e. The Labute approximate surface area is 214 Å². The largest absolute Gasteiger partial charge is 0.497 e. The van der Waals surface area contributed by atoms with E-state index in [4.69, 9.17) is 4.74 Å². The fourth-order valence-corrected chi connectivity index (χ4v) is 4.81. The van der Waals surface area contributed by atoms with E-state index in [-0.39, 0.29) is 29.8 Å². The van der Waals surface area contributed by atoms with Gasteiger partial charge in [0.25, 0.3) is 0 Å². The van der Waals surface area contributed by atoms with Crippen LogP contribution in [0.4, 0.5) is 5.69 Å². The van der Waals surface area contributed by atoms with Crippen LogP contribution < -0.4 is 9.64 Å². The van der Waals surface area contributed by atoms with E-state index < -0.39 is 0 Å². The van der Waals surface area contributed by atoms with E-state index >= 15 is 0 Å². The van der Waals surface area contributed by atoms with Crippen molar-refractivity contribution in [2.45, 2.75) is 53.0 Å². The summed E-state index contributed by atoms with van der Waals surface area (Å²) in [5.41, 5.74) is 3.64. The van der Waals surface area contributed by atoms with Gasteiger partial charge in [0.15, 0.2) is 0 Å². The lowest BCUT2D eigenvalue weighted by Crippen LogP contribution is -2.47. The number of anilines is 1. The number of fused-ring (bicyclic) bond motifs is 3. The Morgan fingerprint density at radius 1 is 0.972 bits per heavy atom. The average molecular weight is 488 g/mol. The minimum Gasteiger partial charge on any atom is -0.497 e. The number of carbonyl (C=O) groups excluding carboxylic acids is 2. The zero-order valence-corrected chi connectivity index (χ0v) is 22.0. The molecule has 0 saturated heterocycles. The van der Waals surface area contributed by atoms with E-state index in [9.17, 15) is 9.59 Å². The van der Waals surface area contributed by atoms with Crippen molar-refractivity contribution in [3.05, 3.63) is 78.1 Å². The Balaban J connectivity index is 1.75. The van der Waals surface area contributed by atoms with Crippen LogP contribution >= 0.6 is 0 Å². The number of hydrogen-bond donors (Lipinski definition) is 0. The molecule has 2 amide bonds. The molecule has 1 unspecified atom stereocenters. The minimum atomic E-state index is -0.320. The average Bonchev–Trinajstić information content (AvgIpc) is 3.34. The Morgan fingerprint density at radius 3 is 2.31 bits per heavy atom. The lowest BCUT2D eigenvalue weighted by Gasteiger charge is -2.39. The SMILES string of the molecule is CCCCN(CC(=O)N1c2ccccc2-n2cccc2C1c1ccc(OC)cc1)C(=O)CC(C)(C)C. The van der Waals surface area contributed by atoms with Crippen molar-refractivity contribution in [1.29, 1.82) is 0 Å². The number of amides is 2. The number of carbonyl (C=O) groups is 2. The number of para-hydroxylation sites is 2. The van der Waals surface area contributed by atoms with Crippen LogP contribution in [-0.4, -0.2) is 41.5 Å². The number of rotatable bonds is 8. The summed E-state index contributed by atoms with van der Waals surface area (Å²) in [5, 5.41) is 0. The van der Waals surface area contributed by atoms with Crippen molar-refractivity contribution in [3.8, 4) is 11.4 Å². The van der Waals surface area contributed by atoms with Crippen LogP contribution in [-0.2, 0) is 9.59 Å². The highest BCUT2D eigenvalue weighted by Crippen LogP contribution is 2.42. The lowest BCUT2D eigenvalue weighted by atomic mass is 9.91. The molecule has 0 bridgehead atoms. The molecule has 4 rings (SSSR count). The number of ether oxygens (including phenoxy) is 1. The maximum absolute atomic E-state index is 14.1. The molecule has 190 valence electrons. The number of benzene rings is 2. The molecular weight excluding hydrogens is 450 g/mol. The van der Waals surface area contributed by atoms with Gasteiger partial charge in [0.05, 0.1) is 24.2 Å². The number of nitrogens with zero attached hydrogens (tertiary/aromatic N) is 3. The molecule has 2 heterocycles. The summed E-state index contributed by atoms with van der Waals surface area (Å²) >= 11 is 0. The van der Waals surface area contributed by atoms with Crippen molar-refractivity contribution >= 4 is 17.5 Å². The molecule has 1 aliphatic heterocycles. The Kier molecular flexibility index (Phi) is 7.53. The number of methoxy groups -OCH3 is 1. The van der Waals surface area contributed by atoms with Gasteiger partial charge in [-0.05, 0) is 53.8 Å². The summed E-state index contributed by atoms with van der Waals surface area (Å²) in [5.74, 6) is 0.704. The molecule has 0 fully saturated rings. The summed E-state index contributed by atoms with van der Waals surface area (Å²) in [4.78, 5) is 31.0. The van der Waals surface area contributed by atoms with Crippen LogP contribution in [0.15, 0.2) is 66.9 Å². The summed E-state index contributed by atoms with van der Waals surface area (Å²) in [6.07, 6.45) is 4.27. The van der Waals surface area contributed by atoms with E-state index in [0.717, 1.165) is 41.2 Å². The first-order valence-electron chi connectivity index (χ1n) is 12.7. The third-order valence-corrected chi connectivity index (χ3v) is 6.56. The van der Waals surface area contributed by atoms with Crippen LogP contribution in [0, 0.1) is 5.41 Å². The third kappa shape index (κ3) is 5.32. The van der Waals surface area contributed by atoms with Gasteiger partial charge in [-0.3, -0.25) is 14.5 Å². The second kappa shape index (κ2) is 10.6. The molecule has 2 aromatic carbocycles. The van der Waals surface area contributed by atoms with E-state index in [1.165, 1.54) is 0 Å². The molecule has 6 nitrogen and oxygen atoms in total. The molecule has 1 atom stereocenters. The highest BCUT2D eigenvalue weighted by atomic mass is 16.5. The van der Waals surface area contributed by atoms with Gasteiger partial charge in [-0.15, -0.1) is 0 Å². The van der Waals surface area contributed by atoms with Crippen LogP contribution in [0.1, 0.15) is 64.3 Å². The molecule has 3 aromatic rings. The normalized spacial score (nSPS) is 14.7. The van der Waals surface area contributed by atoms with E-state index in [1.54, 1.807) is 12.0 Å². The van der Waals surface area contributed by atoms with Gasteiger partial charge in [0.2, 0.25) is 11.8 Å². The first-order valence-corrected chi connectivity index (χ1v) is 12.7. The quantitative estimate of drug-likeness (QED) is 0.392. The van der Waals surface area contributed by atoms with Gasteiger partial charge >= 0.3 is 0 Å². The topological polar surface area (TPSA) is 54.8 Å². The number of unbranched alkanes of at least 4 members (excludes halogenated alkanes) is 1.